The molecule has 15 heavy (non-hydrogen) atoms. The van der Waals surface area contributed by atoms with Crippen LogP contribution in [0.1, 0.15) is 25.5 Å². The average Bonchev–Trinajstić information content (AvgIpc) is 2.75. The van der Waals surface area contributed by atoms with Gasteiger partial charge in [0.25, 0.3) is 0 Å². The highest BCUT2D eigenvalue weighted by atomic mass is 32.1. The van der Waals surface area contributed by atoms with Crippen LogP contribution < -0.4 is 11.1 Å². The van der Waals surface area contributed by atoms with E-state index in [1.54, 1.807) is 5.51 Å². The Bertz CT molecular complexity index is 283. The van der Waals surface area contributed by atoms with Crippen molar-refractivity contribution in [1.82, 2.24) is 10.3 Å². The van der Waals surface area contributed by atoms with Gasteiger partial charge in [0.05, 0.1) is 17.7 Å². The summed E-state index contributed by atoms with van der Waals surface area (Å²) in [5.41, 5.74) is 8.20. The zero-order valence-electron chi connectivity index (χ0n) is 8.90. The lowest BCUT2D eigenvalue weighted by Gasteiger charge is -2.11. The average molecular weight is 227 g/mol. The van der Waals surface area contributed by atoms with Crippen LogP contribution in [0.2, 0.25) is 0 Å². The second-order valence-electron chi connectivity index (χ2n) is 3.47. The molecule has 1 unspecified atom stereocenters. The fourth-order valence-corrected chi connectivity index (χ4v) is 1.80. The molecule has 0 saturated heterocycles. The first kappa shape index (κ1) is 12.1. The predicted molar refractivity (Wildman–Crippen MR) is 61.4 cm³/mol. The first-order valence-electron chi connectivity index (χ1n) is 5.10. The molecule has 1 heterocycles. The number of carbonyl (C=O) groups excluding carboxylic acids is 1. The van der Waals surface area contributed by atoms with Crippen LogP contribution in [0.25, 0.3) is 0 Å². The standard InChI is InChI=1S/C10H17N3OS/c1-2-8(4-11)3-10(14)12-5-9-6-15-7-13-9/h6-8H,2-5,11H2,1H3,(H,12,14). The zero-order chi connectivity index (χ0) is 11.1. The van der Waals surface area contributed by atoms with Crippen molar-refractivity contribution in [2.24, 2.45) is 11.7 Å². The van der Waals surface area contributed by atoms with Gasteiger partial charge in [-0.05, 0) is 12.5 Å². The second-order valence-corrected chi connectivity index (χ2v) is 4.19. The van der Waals surface area contributed by atoms with E-state index in [-0.39, 0.29) is 5.91 Å². The number of nitrogens with two attached hydrogens (primary N) is 1. The van der Waals surface area contributed by atoms with Crippen molar-refractivity contribution in [3.05, 3.63) is 16.6 Å². The van der Waals surface area contributed by atoms with Crippen molar-refractivity contribution < 1.29 is 4.79 Å². The third-order valence-electron chi connectivity index (χ3n) is 2.33. The number of nitrogens with one attached hydrogen (secondary N) is 1. The number of hydrogen-bond acceptors (Lipinski definition) is 4. The molecule has 0 aromatic carbocycles. The maximum absolute atomic E-state index is 11.5. The van der Waals surface area contributed by atoms with Crippen LogP contribution in [0.3, 0.4) is 0 Å². The molecule has 0 radical (unpaired) electrons. The number of rotatable bonds is 6. The Hall–Kier alpha value is -0.940. The molecule has 0 aliphatic heterocycles. The summed E-state index contributed by atoms with van der Waals surface area (Å²) in [6.45, 7) is 3.13. The summed E-state index contributed by atoms with van der Waals surface area (Å²) in [6.07, 6.45) is 1.46. The molecule has 84 valence electrons. The van der Waals surface area contributed by atoms with Gasteiger partial charge in [-0.25, -0.2) is 4.98 Å². The summed E-state index contributed by atoms with van der Waals surface area (Å²) in [4.78, 5) is 15.6. The number of thiazole rings is 1. The number of amides is 1. The summed E-state index contributed by atoms with van der Waals surface area (Å²) in [7, 11) is 0. The Morgan fingerprint density at radius 3 is 3.07 bits per heavy atom. The van der Waals surface area contributed by atoms with Crippen molar-refractivity contribution in [1.29, 1.82) is 0 Å². The van der Waals surface area contributed by atoms with Gasteiger partial charge in [-0.1, -0.05) is 13.3 Å². The van der Waals surface area contributed by atoms with Crippen molar-refractivity contribution >= 4 is 17.2 Å². The molecule has 1 aromatic rings. The van der Waals surface area contributed by atoms with Gasteiger partial charge in [0, 0.05) is 11.8 Å². The molecule has 0 spiro atoms. The summed E-state index contributed by atoms with van der Waals surface area (Å²) < 4.78 is 0. The van der Waals surface area contributed by atoms with E-state index in [1.807, 2.05) is 12.3 Å². The quantitative estimate of drug-likeness (QED) is 0.765. The summed E-state index contributed by atoms with van der Waals surface area (Å²) in [5, 5.41) is 4.76. The minimum atomic E-state index is 0.0558. The first-order chi connectivity index (χ1) is 7.26. The monoisotopic (exact) mass is 227 g/mol. The van der Waals surface area contributed by atoms with Gasteiger partial charge in [-0.15, -0.1) is 11.3 Å². The molecular weight excluding hydrogens is 210 g/mol. The summed E-state index contributed by atoms with van der Waals surface area (Å²) in [6, 6.07) is 0. The van der Waals surface area contributed by atoms with Crippen LogP contribution in [0.5, 0.6) is 0 Å². The largest absolute Gasteiger partial charge is 0.350 e. The van der Waals surface area contributed by atoms with Gasteiger partial charge >= 0.3 is 0 Å². The van der Waals surface area contributed by atoms with Crippen LogP contribution in [0.4, 0.5) is 0 Å². The molecule has 1 rings (SSSR count). The van der Waals surface area contributed by atoms with Gasteiger partial charge in [0.2, 0.25) is 5.91 Å². The smallest absolute Gasteiger partial charge is 0.220 e. The maximum atomic E-state index is 11.5. The Morgan fingerprint density at radius 1 is 1.73 bits per heavy atom. The van der Waals surface area contributed by atoms with Crippen molar-refractivity contribution in [2.75, 3.05) is 6.54 Å². The van der Waals surface area contributed by atoms with E-state index in [0.29, 0.717) is 25.4 Å². The zero-order valence-corrected chi connectivity index (χ0v) is 9.72. The fraction of sp³-hybridized carbons (Fsp3) is 0.600. The third-order valence-corrected chi connectivity index (χ3v) is 2.97. The van der Waals surface area contributed by atoms with E-state index in [0.717, 1.165) is 12.1 Å². The number of carbonyl (C=O) groups is 1. The number of nitrogens with zero attached hydrogens (tertiary/aromatic N) is 1. The minimum absolute atomic E-state index is 0.0558. The highest BCUT2D eigenvalue weighted by molar-refractivity contribution is 7.07. The van der Waals surface area contributed by atoms with Crippen LogP contribution in [-0.4, -0.2) is 17.4 Å². The molecule has 1 aromatic heterocycles. The number of aromatic nitrogens is 1. The Morgan fingerprint density at radius 2 is 2.53 bits per heavy atom. The van der Waals surface area contributed by atoms with Crippen molar-refractivity contribution in [3.63, 3.8) is 0 Å². The van der Waals surface area contributed by atoms with E-state index >= 15 is 0 Å². The lowest BCUT2D eigenvalue weighted by atomic mass is 10.0. The fourth-order valence-electron chi connectivity index (χ4n) is 1.24. The molecule has 0 saturated carbocycles. The molecule has 3 N–H and O–H groups in total. The SMILES string of the molecule is CCC(CN)CC(=O)NCc1cscn1. The van der Waals surface area contributed by atoms with Gasteiger partial charge in [0.1, 0.15) is 0 Å². The third kappa shape index (κ3) is 4.40. The van der Waals surface area contributed by atoms with Gasteiger partial charge in [0.15, 0.2) is 0 Å². The predicted octanol–water partition coefficient (Wildman–Crippen LogP) is 1.13. The summed E-state index contributed by atoms with van der Waals surface area (Å²) >= 11 is 1.53. The Balaban J connectivity index is 2.24. The number of hydrogen-bond donors (Lipinski definition) is 2. The topological polar surface area (TPSA) is 68.0 Å². The Kier molecular flexibility index (Phi) is 5.28. The summed E-state index contributed by atoms with van der Waals surface area (Å²) in [5.74, 6) is 0.348. The lowest BCUT2D eigenvalue weighted by molar-refractivity contribution is -0.122. The molecule has 0 aliphatic carbocycles. The maximum Gasteiger partial charge on any atom is 0.220 e. The highest BCUT2D eigenvalue weighted by Gasteiger charge is 2.10. The second kappa shape index (κ2) is 6.53. The Labute approximate surface area is 93.9 Å². The molecule has 4 nitrogen and oxygen atoms in total. The first-order valence-corrected chi connectivity index (χ1v) is 6.04. The molecule has 1 amide bonds. The van der Waals surface area contributed by atoms with Crippen LogP contribution in [-0.2, 0) is 11.3 Å². The van der Waals surface area contributed by atoms with E-state index in [9.17, 15) is 4.79 Å². The lowest BCUT2D eigenvalue weighted by Crippen LogP contribution is -2.27. The molecule has 0 aliphatic rings. The van der Waals surface area contributed by atoms with Crippen molar-refractivity contribution in [3.8, 4) is 0 Å². The minimum Gasteiger partial charge on any atom is -0.350 e. The van der Waals surface area contributed by atoms with E-state index in [2.05, 4.69) is 10.3 Å². The van der Waals surface area contributed by atoms with Gasteiger partial charge in [-0.2, -0.15) is 0 Å². The van der Waals surface area contributed by atoms with Crippen LogP contribution >= 0.6 is 11.3 Å². The molecule has 5 heteroatoms. The normalized spacial score (nSPS) is 12.4. The molecule has 0 bridgehead atoms. The van der Waals surface area contributed by atoms with Crippen LogP contribution in [0, 0.1) is 5.92 Å². The van der Waals surface area contributed by atoms with Crippen LogP contribution in [0.15, 0.2) is 10.9 Å². The highest BCUT2D eigenvalue weighted by Crippen LogP contribution is 2.06. The molecule has 0 fully saturated rings. The molecule has 1 atom stereocenters. The van der Waals surface area contributed by atoms with Gasteiger partial charge in [-0.3, -0.25) is 4.79 Å². The molecular formula is C10H17N3OS. The van der Waals surface area contributed by atoms with E-state index in [1.165, 1.54) is 11.3 Å². The van der Waals surface area contributed by atoms with E-state index in [4.69, 9.17) is 5.73 Å². The van der Waals surface area contributed by atoms with Crippen molar-refractivity contribution in [2.45, 2.75) is 26.3 Å². The van der Waals surface area contributed by atoms with E-state index < -0.39 is 0 Å². The van der Waals surface area contributed by atoms with Gasteiger partial charge < -0.3 is 11.1 Å².